The van der Waals surface area contributed by atoms with Crippen LogP contribution in [0.5, 0.6) is 0 Å². The molecule has 0 saturated carbocycles. The molecule has 0 bridgehead atoms. The third-order valence-corrected chi connectivity index (χ3v) is 3.25. The lowest BCUT2D eigenvalue weighted by Crippen LogP contribution is -2.25. The SMILES string of the molecule is CCCCOC(=O)C(CSC(C)=O)C(C)C. The molecule has 94 valence electrons. The van der Waals surface area contributed by atoms with E-state index < -0.39 is 0 Å². The van der Waals surface area contributed by atoms with E-state index in [1.54, 1.807) is 0 Å². The molecule has 0 heterocycles. The summed E-state index contributed by atoms with van der Waals surface area (Å²) in [7, 11) is 0. The Labute approximate surface area is 102 Å². The fraction of sp³-hybridized carbons (Fsp3) is 0.833. The first kappa shape index (κ1) is 15.5. The maximum absolute atomic E-state index is 11.7. The van der Waals surface area contributed by atoms with E-state index in [0.29, 0.717) is 12.4 Å². The Morgan fingerprint density at radius 2 is 1.94 bits per heavy atom. The lowest BCUT2D eigenvalue weighted by atomic mass is 9.98. The molecule has 0 N–H and O–H groups in total. The first-order valence-corrected chi connectivity index (χ1v) is 6.77. The van der Waals surface area contributed by atoms with Crippen molar-refractivity contribution in [3.63, 3.8) is 0 Å². The first-order chi connectivity index (χ1) is 7.49. The van der Waals surface area contributed by atoms with Crippen LogP contribution in [-0.4, -0.2) is 23.4 Å². The minimum Gasteiger partial charge on any atom is -0.465 e. The molecule has 0 spiro atoms. The van der Waals surface area contributed by atoms with Crippen molar-refractivity contribution in [1.29, 1.82) is 0 Å². The fourth-order valence-electron chi connectivity index (χ4n) is 1.16. The van der Waals surface area contributed by atoms with E-state index in [1.165, 1.54) is 18.7 Å². The predicted molar refractivity (Wildman–Crippen MR) is 67.3 cm³/mol. The van der Waals surface area contributed by atoms with E-state index in [-0.39, 0.29) is 22.9 Å². The van der Waals surface area contributed by atoms with Crippen LogP contribution in [0.25, 0.3) is 0 Å². The second-order valence-electron chi connectivity index (χ2n) is 4.17. The summed E-state index contributed by atoms with van der Waals surface area (Å²) >= 11 is 1.20. The van der Waals surface area contributed by atoms with Crippen molar-refractivity contribution in [1.82, 2.24) is 0 Å². The predicted octanol–water partition coefficient (Wildman–Crippen LogP) is 2.88. The van der Waals surface area contributed by atoms with Crippen molar-refractivity contribution in [3.05, 3.63) is 0 Å². The summed E-state index contributed by atoms with van der Waals surface area (Å²) < 4.78 is 5.17. The van der Waals surface area contributed by atoms with Gasteiger partial charge in [0.1, 0.15) is 0 Å². The van der Waals surface area contributed by atoms with Gasteiger partial charge in [-0.15, -0.1) is 0 Å². The van der Waals surface area contributed by atoms with Gasteiger partial charge in [0, 0.05) is 12.7 Å². The molecule has 16 heavy (non-hydrogen) atoms. The van der Waals surface area contributed by atoms with Crippen LogP contribution < -0.4 is 0 Å². The van der Waals surface area contributed by atoms with Crippen LogP contribution in [-0.2, 0) is 14.3 Å². The van der Waals surface area contributed by atoms with Gasteiger partial charge in [0.25, 0.3) is 0 Å². The van der Waals surface area contributed by atoms with Crippen molar-refractivity contribution < 1.29 is 14.3 Å². The highest BCUT2D eigenvalue weighted by molar-refractivity contribution is 8.13. The number of carbonyl (C=O) groups is 2. The van der Waals surface area contributed by atoms with Gasteiger partial charge in [-0.05, 0) is 12.3 Å². The van der Waals surface area contributed by atoms with Crippen LogP contribution >= 0.6 is 11.8 Å². The van der Waals surface area contributed by atoms with Gasteiger partial charge < -0.3 is 4.74 Å². The average molecular weight is 246 g/mol. The van der Waals surface area contributed by atoms with Crippen LogP contribution in [0.2, 0.25) is 0 Å². The molecule has 0 aliphatic heterocycles. The largest absolute Gasteiger partial charge is 0.465 e. The molecule has 3 nitrogen and oxygen atoms in total. The monoisotopic (exact) mass is 246 g/mol. The lowest BCUT2D eigenvalue weighted by molar-refractivity contribution is -0.149. The summed E-state index contributed by atoms with van der Waals surface area (Å²) in [5.74, 6) is 0.391. The maximum Gasteiger partial charge on any atom is 0.310 e. The molecular weight excluding hydrogens is 224 g/mol. The smallest absolute Gasteiger partial charge is 0.310 e. The number of rotatable bonds is 7. The highest BCUT2D eigenvalue weighted by atomic mass is 32.2. The molecule has 0 rings (SSSR count). The normalized spacial score (nSPS) is 12.6. The molecule has 0 aliphatic rings. The number of thioether (sulfide) groups is 1. The summed E-state index contributed by atoms with van der Waals surface area (Å²) in [6.45, 7) is 8.02. The summed E-state index contributed by atoms with van der Waals surface area (Å²) in [6.07, 6.45) is 1.91. The van der Waals surface area contributed by atoms with E-state index in [2.05, 4.69) is 6.92 Å². The summed E-state index contributed by atoms with van der Waals surface area (Å²) in [4.78, 5) is 22.6. The second kappa shape index (κ2) is 8.62. The summed E-state index contributed by atoms with van der Waals surface area (Å²) in [5.41, 5.74) is 0. The molecule has 0 radical (unpaired) electrons. The Balaban J connectivity index is 4.08. The molecule has 1 atom stereocenters. The Kier molecular flexibility index (Phi) is 8.35. The Bertz CT molecular complexity index is 226. The van der Waals surface area contributed by atoms with Crippen LogP contribution in [0.4, 0.5) is 0 Å². The van der Waals surface area contributed by atoms with Crippen molar-refractivity contribution in [2.45, 2.75) is 40.5 Å². The summed E-state index contributed by atoms with van der Waals surface area (Å²) in [6, 6.07) is 0. The van der Waals surface area contributed by atoms with E-state index >= 15 is 0 Å². The van der Waals surface area contributed by atoms with Gasteiger partial charge in [-0.2, -0.15) is 0 Å². The molecule has 0 amide bonds. The fourth-order valence-corrected chi connectivity index (χ4v) is 2.10. The first-order valence-electron chi connectivity index (χ1n) is 5.79. The highest BCUT2D eigenvalue weighted by Crippen LogP contribution is 2.19. The lowest BCUT2D eigenvalue weighted by Gasteiger charge is -2.18. The number of unbranched alkanes of at least 4 members (excludes halogenated alkanes) is 1. The van der Waals surface area contributed by atoms with Crippen LogP contribution in [0.1, 0.15) is 40.5 Å². The van der Waals surface area contributed by atoms with Gasteiger partial charge in [-0.3, -0.25) is 9.59 Å². The van der Waals surface area contributed by atoms with Gasteiger partial charge in [-0.1, -0.05) is 39.0 Å². The van der Waals surface area contributed by atoms with Crippen LogP contribution in [0.3, 0.4) is 0 Å². The molecule has 0 aromatic rings. The van der Waals surface area contributed by atoms with Gasteiger partial charge >= 0.3 is 5.97 Å². The van der Waals surface area contributed by atoms with E-state index in [1.807, 2.05) is 13.8 Å². The zero-order valence-electron chi connectivity index (χ0n) is 10.6. The third kappa shape index (κ3) is 6.88. The maximum atomic E-state index is 11.7. The van der Waals surface area contributed by atoms with Gasteiger partial charge in [0.05, 0.1) is 12.5 Å². The quantitative estimate of drug-likeness (QED) is 0.512. The number of carbonyl (C=O) groups excluding carboxylic acids is 2. The molecule has 0 fully saturated rings. The summed E-state index contributed by atoms with van der Waals surface area (Å²) in [5, 5.41) is 0.0482. The number of ether oxygens (including phenoxy) is 1. The Morgan fingerprint density at radius 3 is 2.38 bits per heavy atom. The van der Waals surface area contributed by atoms with Gasteiger partial charge in [0.2, 0.25) is 0 Å². The van der Waals surface area contributed by atoms with Crippen molar-refractivity contribution in [3.8, 4) is 0 Å². The van der Waals surface area contributed by atoms with Gasteiger partial charge in [0.15, 0.2) is 5.12 Å². The van der Waals surface area contributed by atoms with E-state index in [0.717, 1.165) is 12.8 Å². The average Bonchev–Trinajstić information content (AvgIpc) is 2.17. The number of esters is 1. The van der Waals surface area contributed by atoms with Crippen molar-refractivity contribution in [2.24, 2.45) is 11.8 Å². The van der Waals surface area contributed by atoms with Crippen molar-refractivity contribution in [2.75, 3.05) is 12.4 Å². The molecular formula is C12H22O3S. The zero-order chi connectivity index (χ0) is 12.6. The van der Waals surface area contributed by atoms with E-state index in [9.17, 15) is 9.59 Å². The van der Waals surface area contributed by atoms with Crippen molar-refractivity contribution >= 4 is 22.8 Å². The molecule has 0 aromatic carbocycles. The second-order valence-corrected chi connectivity index (χ2v) is 5.37. The minimum atomic E-state index is -0.175. The third-order valence-electron chi connectivity index (χ3n) is 2.32. The van der Waals surface area contributed by atoms with Crippen LogP contribution in [0.15, 0.2) is 0 Å². The number of hydrogen-bond acceptors (Lipinski definition) is 4. The topological polar surface area (TPSA) is 43.4 Å². The molecule has 1 unspecified atom stereocenters. The zero-order valence-corrected chi connectivity index (χ0v) is 11.4. The van der Waals surface area contributed by atoms with Crippen LogP contribution in [0, 0.1) is 11.8 Å². The molecule has 0 saturated heterocycles. The molecule has 4 heteroatoms. The van der Waals surface area contributed by atoms with E-state index in [4.69, 9.17) is 4.74 Å². The van der Waals surface area contributed by atoms with Gasteiger partial charge in [-0.25, -0.2) is 0 Å². The Morgan fingerprint density at radius 1 is 1.31 bits per heavy atom. The molecule has 0 aromatic heterocycles. The number of hydrogen-bond donors (Lipinski definition) is 0. The highest BCUT2D eigenvalue weighted by Gasteiger charge is 2.24. The molecule has 0 aliphatic carbocycles. The Hall–Kier alpha value is -0.510. The standard InChI is InChI=1S/C12H22O3S/c1-5-6-7-15-12(14)11(9(2)3)8-16-10(4)13/h9,11H,5-8H2,1-4H3. The minimum absolute atomic E-state index is 0.0482.